The van der Waals surface area contributed by atoms with E-state index in [2.05, 4.69) is 5.10 Å². The zero-order chi connectivity index (χ0) is 14.3. The van der Waals surface area contributed by atoms with Crippen molar-refractivity contribution >= 4 is 17.4 Å². The summed E-state index contributed by atoms with van der Waals surface area (Å²) in [6, 6.07) is 9.30. The number of hydrogen-bond donors (Lipinski definition) is 1. The molecule has 0 bridgehead atoms. The number of carbonyl (C=O) groups excluding carboxylic acids is 1. The van der Waals surface area contributed by atoms with Crippen LogP contribution in [0.3, 0.4) is 0 Å². The van der Waals surface area contributed by atoms with Gasteiger partial charge in [-0.15, -0.1) is 0 Å². The summed E-state index contributed by atoms with van der Waals surface area (Å²) in [4.78, 5) is 11.8. The number of ketones is 1. The normalized spacial score (nSPS) is 16.1. The summed E-state index contributed by atoms with van der Waals surface area (Å²) in [5, 5.41) is 5.26. The average Bonchev–Trinajstić information content (AvgIpc) is 3.09. The zero-order valence-electron chi connectivity index (χ0n) is 11.3. The molecule has 0 unspecified atom stereocenters. The second-order valence-corrected chi connectivity index (χ2v) is 5.76. The lowest BCUT2D eigenvalue weighted by molar-refractivity contribution is 0.0999. The predicted octanol–water partition coefficient (Wildman–Crippen LogP) is 2.85. The maximum Gasteiger partial charge on any atom is 0.177 e. The van der Waals surface area contributed by atoms with E-state index in [1.807, 2.05) is 35.0 Å². The lowest BCUT2D eigenvalue weighted by Gasteiger charge is -2.15. The molecule has 3 rings (SSSR count). The number of halogens is 1. The molecule has 4 nitrogen and oxygen atoms in total. The Morgan fingerprint density at radius 2 is 2.20 bits per heavy atom. The highest BCUT2D eigenvalue weighted by molar-refractivity contribution is 6.30. The summed E-state index contributed by atoms with van der Waals surface area (Å²) in [5.41, 5.74) is 7.96. The van der Waals surface area contributed by atoms with E-state index < -0.39 is 0 Å². The Kier molecular flexibility index (Phi) is 3.15. The molecule has 2 aromatic rings. The van der Waals surface area contributed by atoms with Crippen molar-refractivity contribution in [1.82, 2.24) is 9.78 Å². The van der Waals surface area contributed by atoms with Gasteiger partial charge in [0.1, 0.15) is 5.69 Å². The van der Waals surface area contributed by atoms with Crippen LogP contribution in [0.1, 0.15) is 30.3 Å². The number of Topliss-reactive ketones (excluding diaryl/α,β-unsaturated/α-hetero) is 1. The molecule has 1 aliphatic rings. The van der Waals surface area contributed by atoms with Crippen LogP contribution in [0.2, 0.25) is 5.02 Å². The fourth-order valence-corrected chi connectivity index (χ4v) is 2.62. The first-order chi connectivity index (χ1) is 9.55. The van der Waals surface area contributed by atoms with Crippen LogP contribution < -0.4 is 5.73 Å². The summed E-state index contributed by atoms with van der Waals surface area (Å²) in [6.45, 7) is 2.06. The minimum atomic E-state index is -0.169. The van der Waals surface area contributed by atoms with Crippen LogP contribution in [0, 0.1) is 0 Å². The van der Waals surface area contributed by atoms with Crippen LogP contribution in [-0.4, -0.2) is 22.1 Å². The summed E-state index contributed by atoms with van der Waals surface area (Å²) in [5.74, 6) is 0.00510. The first kappa shape index (κ1) is 13.3. The van der Waals surface area contributed by atoms with Crippen molar-refractivity contribution in [2.75, 3.05) is 6.54 Å². The number of carbonyl (C=O) groups is 1. The number of hydrogen-bond acceptors (Lipinski definition) is 3. The number of nitrogens with zero attached hydrogens (tertiary/aromatic N) is 2. The maximum atomic E-state index is 11.8. The second-order valence-electron chi connectivity index (χ2n) is 5.32. The Morgan fingerprint density at radius 3 is 2.75 bits per heavy atom. The van der Waals surface area contributed by atoms with E-state index in [1.54, 1.807) is 6.92 Å². The molecule has 1 heterocycles. The van der Waals surface area contributed by atoms with Gasteiger partial charge in [0.2, 0.25) is 0 Å². The fourth-order valence-electron chi connectivity index (χ4n) is 2.43. The number of aromatic nitrogens is 2. The molecule has 0 aliphatic heterocycles. The Labute approximate surface area is 122 Å². The predicted molar refractivity (Wildman–Crippen MR) is 78.9 cm³/mol. The summed E-state index contributed by atoms with van der Waals surface area (Å²) < 4.78 is 1.81. The van der Waals surface area contributed by atoms with Crippen molar-refractivity contribution < 1.29 is 4.79 Å². The average molecular weight is 290 g/mol. The first-order valence-electron chi connectivity index (χ1n) is 6.63. The lowest BCUT2D eigenvalue weighted by atomic mass is 10.1. The van der Waals surface area contributed by atoms with Crippen molar-refractivity contribution in [3.8, 4) is 11.3 Å². The summed E-state index contributed by atoms with van der Waals surface area (Å²) in [6.07, 6.45) is 1.95. The molecule has 1 aliphatic carbocycles. The minimum Gasteiger partial charge on any atom is -0.328 e. The van der Waals surface area contributed by atoms with Crippen molar-refractivity contribution in [3.05, 3.63) is 41.0 Å². The van der Waals surface area contributed by atoms with Crippen LogP contribution in [0.5, 0.6) is 0 Å². The molecular weight excluding hydrogens is 274 g/mol. The molecule has 0 spiro atoms. The van der Waals surface area contributed by atoms with Crippen LogP contribution in [-0.2, 0) is 5.54 Å². The Balaban J connectivity index is 2.11. The monoisotopic (exact) mass is 289 g/mol. The molecule has 104 valence electrons. The van der Waals surface area contributed by atoms with Crippen LogP contribution in [0.15, 0.2) is 30.3 Å². The van der Waals surface area contributed by atoms with E-state index in [9.17, 15) is 4.79 Å². The van der Waals surface area contributed by atoms with Gasteiger partial charge in [-0.25, -0.2) is 0 Å². The van der Waals surface area contributed by atoms with Gasteiger partial charge in [0.05, 0.1) is 11.2 Å². The quantitative estimate of drug-likeness (QED) is 0.881. The summed E-state index contributed by atoms with van der Waals surface area (Å²) >= 11 is 6.01. The second kappa shape index (κ2) is 4.72. The van der Waals surface area contributed by atoms with Crippen LogP contribution in [0.25, 0.3) is 11.3 Å². The molecule has 1 saturated carbocycles. The zero-order valence-corrected chi connectivity index (χ0v) is 12.0. The largest absolute Gasteiger partial charge is 0.328 e. The highest BCUT2D eigenvalue weighted by atomic mass is 35.5. The topological polar surface area (TPSA) is 60.9 Å². The molecule has 0 amide bonds. The van der Waals surface area contributed by atoms with Crippen molar-refractivity contribution in [3.63, 3.8) is 0 Å². The summed E-state index contributed by atoms with van der Waals surface area (Å²) in [7, 11) is 0. The van der Waals surface area contributed by atoms with Gasteiger partial charge in [-0.3, -0.25) is 9.48 Å². The van der Waals surface area contributed by atoms with Crippen molar-refractivity contribution in [2.24, 2.45) is 5.73 Å². The standard InChI is InChI=1S/C15H16ClN3O/c1-10(20)14-8-13(11-3-2-4-12(16)7-11)18-19(14)15(9-17)5-6-15/h2-4,7-8H,5-6,9,17H2,1H3. The van der Waals surface area contributed by atoms with E-state index in [0.29, 0.717) is 17.3 Å². The molecule has 5 heteroatoms. The Hall–Kier alpha value is -1.65. The van der Waals surface area contributed by atoms with Crippen molar-refractivity contribution in [2.45, 2.75) is 25.3 Å². The van der Waals surface area contributed by atoms with E-state index in [0.717, 1.165) is 24.1 Å². The Bertz CT molecular complexity index is 674. The van der Waals surface area contributed by atoms with Gasteiger partial charge in [-0.05, 0) is 31.0 Å². The van der Waals surface area contributed by atoms with Gasteiger partial charge >= 0.3 is 0 Å². The highest BCUT2D eigenvalue weighted by Crippen LogP contribution is 2.43. The molecular formula is C15H16ClN3O. The van der Waals surface area contributed by atoms with E-state index in [4.69, 9.17) is 17.3 Å². The van der Waals surface area contributed by atoms with Gasteiger partial charge in [-0.1, -0.05) is 23.7 Å². The number of rotatable bonds is 4. The third kappa shape index (κ3) is 2.15. The highest BCUT2D eigenvalue weighted by Gasteiger charge is 2.46. The van der Waals surface area contributed by atoms with Gasteiger partial charge < -0.3 is 5.73 Å². The Morgan fingerprint density at radius 1 is 1.45 bits per heavy atom. The number of nitrogens with two attached hydrogens (primary N) is 1. The SMILES string of the molecule is CC(=O)c1cc(-c2cccc(Cl)c2)nn1C1(CN)CC1. The third-order valence-corrected chi connectivity index (χ3v) is 4.08. The molecule has 1 aromatic carbocycles. The van der Waals surface area contributed by atoms with E-state index >= 15 is 0 Å². The van der Waals surface area contributed by atoms with Gasteiger partial charge in [0, 0.05) is 24.1 Å². The molecule has 0 atom stereocenters. The number of benzene rings is 1. The van der Waals surface area contributed by atoms with E-state index in [-0.39, 0.29) is 11.3 Å². The minimum absolute atomic E-state index is 0.00510. The van der Waals surface area contributed by atoms with Gasteiger partial charge in [-0.2, -0.15) is 5.10 Å². The molecule has 20 heavy (non-hydrogen) atoms. The smallest absolute Gasteiger partial charge is 0.177 e. The molecule has 0 radical (unpaired) electrons. The fraction of sp³-hybridized carbons (Fsp3) is 0.333. The lowest BCUT2D eigenvalue weighted by Crippen LogP contribution is -2.30. The molecule has 2 N–H and O–H groups in total. The molecule has 0 saturated heterocycles. The molecule has 1 aromatic heterocycles. The van der Waals surface area contributed by atoms with E-state index in [1.165, 1.54) is 0 Å². The first-order valence-corrected chi connectivity index (χ1v) is 7.01. The van der Waals surface area contributed by atoms with Crippen LogP contribution in [0.4, 0.5) is 0 Å². The molecule has 1 fully saturated rings. The van der Waals surface area contributed by atoms with Crippen molar-refractivity contribution in [1.29, 1.82) is 0 Å². The van der Waals surface area contributed by atoms with Gasteiger partial charge in [0.15, 0.2) is 5.78 Å². The third-order valence-electron chi connectivity index (χ3n) is 3.85. The van der Waals surface area contributed by atoms with Crippen LogP contribution >= 0.6 is 11.6 Å². The maximum absolute atomic E-state index is 11.8. The van der Waals surface area contributed by atoms with Gasteiger partial charge in [0.25, 0.3) is 0 Å².